The van der Waals surface area contributed by atoms with E-state index < -0.39 is 11.6 Å². The summed E-state index contributed by atoms with van der Waals surface area (Å²) < 4.78 is 27.1. The summed E-state index contributed by atoms with van der Waals surface area (Å²) in [7, 11) is 0. The van der Waals surface area contributed by atoms with Gasteiger partial charge in [-0.1, -0.05) is 0 Å². The van der Waals surface area contributed by atoms with E-state index in [0.29, 0.717) is 0 Å². The van der Waals surface area contributed by atoms with E-state index in [-0.39, 0.29) is 22.1 Å². The van der Waals surface area contributed by atoms with Crippen molar-refractivity contribution in [1.82, 2.24) is 10.2 Å². The van der Waals surface area contributed by atoms with Crippen LogP contribution in [0.4, 0.5) is 14.5 Å². The van der Waals surface area contributed by atoms with E-state index in [1.165, 1.54) is 0 Å². The number of halogens is 3. The molecule has 2 N–H and O–H groups in total. The molecule has 1 aliphatic rings. The van der Waals surface area contributed by atoms with Gasteiger partial charge in [-0.3, -0.25) is 9.69 Å². The lowest BCUT2D eigenvalue weighted by molar-refractivity contribution is -0.121. The Morgan fingerprint density at radius 3 is 2.65 bits per heavy atom. The van der Waals surface area contributed by atoms with E-state index in [2.05, 4.69) is 26.6 Å². The van der Waals surface area contributed by atoms with Gasteiger partial charge in [0.15, 0.2) is 0 Å². The van der Waals surface area contributed by atoms with Crippen LogP contribution >= 0.6 is 15.9 Å². The topological polar surface area (TPSA) is 44.4 Å². The smallest absolute Gasteiger partial charge is 0.241 e. The Labute approximate surface area is 124 Å². The number of benzene rings is 1. The van der Waals surface area contributed by atoms with Gasteiger partial charge in [-0.15, -0.1) is 0 Å². The van der Waals surface area contributed by atoms with Crippen LogP contribution in [0.5, 0.6) is 0 Å². The molecule has 1 aliphatic heterocycles. The first kappa shape index (κ1) is 15.3. The zero-order chi connectivity index (χ0) is 14.7. The van der Waals surface area contributed by atoms with Crippen LogP contribution in [0.15, 0.2) is 16.6 Å². The third kappa shape index (κ3) is 3.53. The number of hydrogen-bond acceptors (Lipinski definition) is 3. The van der Waals surface area contributed by atoms with Gasteiger partial charge in [-0.2, -0.15) is 0 Å². The van der Waals surface area contributed by atoms with Gasteiger partial charge in [0.2, 0.25) is 5.91 Å². The first-order chi connectivity index (χ1) is 9.49. The molecular formula is C13H16BrF2N3O. The number of nitrogens with one attached hydrogen (secondary N) is 2. The molecule has 1 aromatic rings. The summed E-state index contributed by atoms with van der Waals surface area (Å²) in [4.78, 5) is 14.1. The minimum atomic E-state index is -0.667. The van der Waals surface area contributed by atoms with Crippen molar-refractivity contribution in [3.8, 4) is 0 Å². The Hall–Kier alpha value is -1.05. The molecule has 1 amide bonds. The Balaban J connectivity index is 2.05. The fourth-order valence-corrected chi connectivity index (χ4v) is 2.41. The summed E-state index contributed by atoms with van der Waals surface area (Å²) in [5.74, 6) is -1.62. The molecular weight excluding hydrogens is 332 g/mol. The number of nitrogens with zero attached hydrogens (tertiary/aromatic N) is 1. The van der Waals surface area contributed by atoms with Crippen molar-refractivity contribution in [1.29, 1.82) is 0 Å². The largest absolute Gasteiger partial charge is 0.322 e. The van der Waals surface area contributed by atoms with E-state index >= 15 is 0 Å². The lowest BCUT2D eigenvalue weighted by Gasteiger charge is -2.31. The van der Waals surface area contributed by atoms with E-state index in [4.69, 9.17) is 0 Å². The maximum Gasteiger partial charge on any atom is 0.241 e. The Morgan fingerprint density at radius 2 is 2.00 bits per heavy atom. The van der Waals surface area contributed by atoms with Crippen molar-refractivity contribution in [2.45, 2.75) is 13.0 Å². The van der Waals surface area contributed by atoms with Gasteiger partial charge in [0.05, 0.1) is 16.2 Å². The molecule has 1 aromatic carbocycles. The molecule has 20 heavy (non-hydrogen) atoms. The average molecular weight is 348 g/mol. The van der Waals surface area contributed by atoms with E-state index in [0.717, 1.165) is 38.3 Å². The summed E-state index contributed by atoms with van der Waals surface area (Å²) in [6, 6.07) is 1.59. The molecule has 0 aromatic heterocycles. The van der Waals surface area contributed by atoms with Crippen LogP contribution in [0.3, 0.4) is 0 Å². The van der Waals surface area contributed by atoms with Gasteiger partial charge in [0.1, 0.15) is 11.6 Å². The number of anilines is 1. The fourth-order valence-electron chi connectivity index (χ4n) is 2.09. The van der Waals surface area contributed by atoms with Gasteiger partial charge in [0, 0.05) is 32.2 Å². The Bertz CT molecular complexity index is 507. The van der Waals surface area contributed by atoms with Crippen LogP contribution in [0, 0.1) is 11.6 Å². The van der Waals surface area contributed by atoms with Gasteiger partial charge in [0.25, 0.3) is 0 Å². The maximum absolute atomic E-state index is 13.7. The summed E-state index contributed by atoms with van der Waals surface area (Å²) >= 11 is 2.90. The van der Waals surface area contributed by atoms with Crippen molar-refractivity contribution in [3.63, 3.8) is 0 Å². The van der Waals surface area contributed by atoms with E-state index in [9.17, 15) is 13.6 Å². The van der Waals surface area contributed by atoms with Crippen LogP contribution in [0.1, 0.15) is 6.92 Å². The zero-order valence-electron chi connectivity index (χ0n) is 11.0. The molecule has 0 saturated carbocycles. The van der Waals surface area contributed by atoms with Gasteiger partial charge >= 0.3 is 0 Å². The first-order valence-electron chi connectivity index (χ1n) is 6.39. The highest BCUT2D eigenvalue weighted by atomic mass is 79.9. The summed E-state index contributed by atoms with van der Waals surface area (Å²) in [5.41, 5.74) is -0.141. The van der Waals surface area contributed by atoms with Crippen LogP contribution < -0.4 is 10.6 Å². The number of piperazine rings is 1. The molecule has 1 atom stereocenters. The summed E-state index contributed by atoms with van der Waals surface area (Å²) in [6.07, 6.45) is 0. The van der Waals surface area contributed by atoms with Crippen molar-refractivity contribution in [2.24, 2.45) is 0 Å². The van der Waals surface area contributed by atoms with Crippen LogP contribution in [0.25, 0.3) is 0 Å². The lowest BCUT2D eigenvalue weighted by atomic mass is 10.2. The minimum absolute atomic E-state index is 0.0307. The number of amides is 1. The SMILES string of the molecule is CC(C(=O)Nc1cc(F)c(Br)cc1F)N1CCNCC1. The highest BCUT2D eigenvalue weighted by molar-refractivity contribution is 9.10. The number of rotatable bonds is 3. The zero-order valence-corrected chi connectivity index (χ0v) is 12.6. The highest BCUT2D eigenvalue weighted by Crippen LogP contribution is 2.23. The Kier molecular flexibility index (Phi) is 5.06. The van der Waals surface area contributed by atoms with Crippen molar-refractivity contribution in [2.75, 3.05) is 31.5 Å². The van der Waals surface area contributed by atoms with Gasteiger partial charge < -0.3 is 10.6 Å². The van der Waals surface area contributed by atoms with E-state index in [1.54, 1.807) is 6.92 Å². The second-order valence-corrected chi connectivity index (χ2v) is 5.55. The number of hydrogen-bond donors (Lipinski definition) is 2. The molecule has 1 fully saturated rings. The molecule has 0 aliphatic carbocycles. The highest BCUT2D eigenvalue weighted by Gasteiger charge is 2.23. The fraction of sp³-hybridized carbons (Fsp3) is 0.462. The number of carbonyl (C=O) groups excluding carboxylic acids is 1. The van der Waals surface area contributed by atoms with Gasteiger partial charge in [-0.25, -0.2) is 8.78 Å². The molecule has 2 rings (SSSR count). The van der Waals surface area contributed by atoms with Crippen LogP contribution in [-0.4, -0.2) is 43.0 Å². The average Bonchev–Trinajstić information content (AvgIpc) is 2.44. The van der Waals surface area contributed by atoms with E-state index in [1.807, 2.05) is 4.90 Å². The summed E-state index contributed by atoms with van der Waals surface area (Å²) in [5, 5.41) is 5.63. The third-order valence-electron chi connectivity index (χ3n) is 3.35. The molecule has 1 unspecified atom stereocenters. The van der Waals surface area contributed by atoms with Crippen LogP contribution in [0.2, 0.25) is 0 Å². The second kappa shape index (κ2) is 6.60. The molecule has 0 bridgehead atoms. The molecule has 1 saturated heterocycles. The van der Waals surface area contributed by atoms with Crippen molar-refractivity contribution >= 4 is 27.5 Å². The van der Waals surface area contributed by atoms with Gasteiger partial charge in [-0.05, 0) is 28.9 Å². The normalized spacial score (nSPS) is 17.8. The standard InChI is InChI=1S/C13H16BrF2N3O/c1-8(19-4-2-17-3-5-19)13(20)18-12-7-10(15)9(14)6-11(12)16/h6-8,17H,2-5H2,1H3,(H,18,20). The molecule has 4 nitrogen and oxygen atoms in total. The molecule has 1 heterocycles. The molecule has 0 spiro atoms. The summed E-state index contributed by atoms with van der Waals surface area (Å²) in [6.45, 7) is 4.91. The molecule has 7 heteroatoms. The predicted octanol–water partition coefficient (Wildman–Crippen LogP) is 1.96. The lowest BCUT2D eigenvalue weighted by Crippen LogP contribution is -2.51. The van der Waals surface area contributed by atoms with Crippen molar-refractivity contribution < 1.29 is 13.6 Å². The van der Waals surface area contributed by atoms with Crippen molar-refractivity contribution in [3.05, 3.63) is 28.2 Å². The molecule has 0 radical (unpaired) electrons. The third-order valence-corrected chi connectivity index (χ3v) is 3.95. The quantitative estimate of drug-likeness (QED) is 0.821. The monoisotopic (exact) mass is 347 g/mol. The van der Waals surface area contributed by atoms with Crippen LogP contribution in [-0.2, 0) is 4.79 Å². The second-order valence-electron chi connectivity index (χ2n) is 4.70. The minimum Gasteiger partial charge on any atom is -0.322 e. The molecule has 110 valence electrons. The number of carbonyl (C=O) groups is 1. The predicted molar refractivity (Wildman–Crippen MR) is 76.6 cm³/mol. The first-order valence-corrected chi connectivity index (χ1v) is 7.18. The Morgan fingerprint density at radius 1 is 1.35 bits per heavy atom. The maximum atomic E-state index is 13.7.